The predicted octanol–water partition coefficient (Wildman–Crippen LogP) is 2.06. The van der Waals surface area contributed by atoms with Crippen LogP contribution in [0.1, 0.15) is 27.2 Å². The Morgan fingerprint density at radius 1 is 1.12 bits per heavy atom. The van der Waals surface area contributed by atoms with Gasteiger partial charge in [0.15, 0.2) is 0 Å². The van der Waals surface area contributed by atoms with Gasteiger partial charge in [-0.3, -0.25) is 14.8 Å². The van der Waals surface area contributed by atoms with Crippen LogP contribution in [0.2, 0.25) is 0 Å². The largest absolute Gasteiger partial charge is 0.465 e. The van der Waals surface area contributed by atoms with Crippen molar-refractivity contribution in [2.75, 3.05) is 7.11 Å². The second kappa shape index (κ2) is 7.53. The van der Waals surface area contributed by atoms with Crippen LogP contribution in [-0.2, 0) is 17.7 Å². The van der Waals surface area contributed by atoms with Crippen LogP contribution in [-0.4, -0.2) is 27.6 Å². The van der Waals surface area contributed by atoms with Gasteiger partial charge in [-0.25, -0.2) is 4.79 Å². The summed E-state index contributed by atoms with van der Waals surface area (Å²) in [6.07, 6.45) is 7.31. The van der Waals surface area contributed by atoms with E-state index in [1.807, 2.05) is 18.2 Å². The van der Waals surface area contributed by atoms with Crippen molar-refractivity contribution in [3.8, 4) is 0 Å². The summed E-state index contributed by atoms with van der Waals surface area (Å²) in [7, 11) is 1.34. The van der Waals surface area contributed by atoms with Crippen LogP contribution < -0.4 is 5.56 Å². The van der Waals surface area contributed by atoms with Crippen molar-refractivity contribution in [2.45, 2.75) is 13.0 Å². The molecule has 0 N–H and O–H groups in total. The van der Waals surface area contributed by atoms with Crippen molar-refractivity contribution in [3.63, 3.8) is 0 Å². The molecule has 0 spiro atoms. The van der Waals surface area contributed by atoms with Gasteiger partial charge in [-0.05, 0) is 29.3 Å². The molecule has 0 saturated heterocycles. The minimum Gasteiger partial charge on any atom is -0.465 e. The van der Waals surface area contributed by atoms with E-state index >= 15 is 0 Å². The van der Waals surface area contributed by atoms with E-state index in [0.717, 1.165) is 16.8 Å². The maximum Gasteiger partial charge on any atom is 0.339 e. The Morgan fingerprint density at radius 3 is 2.72 bits per heavy atom. The molecule has 3 aromatic heterocycles. The zero-order chi connectivity index (χ0) is 17.6. The smallest absolute Gasteiger partial charge is 0.339 e. The molecule has 126 valence electrons. The molecular formula is C19H17N3O3. The van der Waals surface area contributed by atoms with Crippen LogP contribution in [0.3, 0.4) is 0 Å². The first-order chi connectivity index (χ1) is 12.2. The van der Waals surface area contributed by atoms with Crippen molar-refractivity contribution < 1.29 is 9.53 Å². The van der Waals surface area contributed by atoms with E-state index in [-0.39, 0.29) is 5.56 Å². The lowest BCUT2D eigenvalue weighted by Gasteiger charge is -2.07. The molecule has 25 heavy (non-hydrogen) atoms. The number of hydrogen-bond donors (Lipinski definition) is 0. The van der Waals surface area contributed by atoms with Gasteiger partial charge in [-0.1, -0.05) is 12.1 Å². The van der Waals surface area contributed by atoms with Crippen LogP contribution >= 0.6 is 0 Å². The number of ether oxygens (including phenoxy) is 1. The van der Waals surface area contributed by atoms with Crippen LogP contribution in [0.25, 0.3) is 0 Å². The van der Waals surface area contributed by atoms with Gasteiger partial charge in [-0.15, -0.1) is 0 Å². The van der Waals surface area contributed by atoms with Crippen molar-refractivity contribution in [1.29, 1.82) is 0 Å². The molecule has 0 atom stereocenters. The van der Waals surface area contributed by atoms with Gasteiger partial charge in [-0.2, -0.15) is 0 Å². The summed E-state index contributed by atoms with van der Waals surface area (Å²) >= 11 is 0. The van der Waals surface area contributed by atoms with Crippen molar-refractivity contribution >= 4 is 5.97 Å². The van der Waals surface area contributed by atoms with E-state index in [0.29, 0.717) is 18.5 Å². The Kier molecular flexibility index (Phi) is 4.99. The van der Waals surface area contributed by atoms with E-state index < -0.39 is 5.97 Å². The third-order valence-electron chi connectivity index (χ3n) is 3.74. The second-order valence-corrected chi connectivity index (χ2v) is 5.57. The fourth-order valence-electron chi connectivity index (χ4n) is 2.47. The quantitative estimate of drug-likeness (QED) is 0.667. The highest BCUT2D eigenvalue weighted by Crippen LogP contribution is 2.11. The monoisotopic (exact) mass is 335 g/mol. The highest BCUT2D eigenvalue weighted by molar-refractivity contribution is 5.89. The van der Waals surface area contributed by atoms with Crippen LogP contribution in [0.5, 0.6) is 0 Å². The Bertz CT molecular complexity index is 933. The molecule has 0 amide bonds. The maximum atomic E-state index is 11.7. The van der Waals surface area contributed by atoms with E-state index in [1.54, 1.807) is 35.3 Å². The zero-order valence-electron chi connectivity index (χ0n) is 13.8. The summed E-state index contributed by atoms with van der Waals surface area (Å²) in [5.41, 5.74) is 3.07. The predicted molar refractivity (Wildman–Crippen MR) is 92.4 cm³/mol. The molecule has 0 fully saturated rings. The average Bonchev–Trinajstić information content (AvgIpc) is 2.65. The number of carbonyl (C=O) groups excluding carboxylic acids is 1. The summed E-state index contributed by atoms with van der Waals surface area (Å²) in [4.78, 5) is 31.8. The Hall–Kier alpha value is -3.28. The molecule has 0 aliphatic heterocycles. The molecule has 0 unspecified atom stereocenters. The molecule has 3 aromatic rings. The SMILES string of the molecule is COC(=O)c1cncc(Cc2ccc(Cn3ccccc3=O)nc2)c1. The van der Waals surface area contributed by atoms with Crippen molar-refractivity contribution in [3.05, 3.63) is 93.9 Å². The lowest BCUT2D eigenvalue weighted by atomic mass is 10.1. The molecular weight excluding hydrogens is 318 g/mol. The van der Waals surface area contributed by atoms with E-state index in [4.69, 9.17) is 4.74 Å². The van der Waals surface area contributed by atoms with Gasteiger partial charge in [0.05, 0.1) is 24.9 Å². The van der Waals surface area contributed by atoms with E-state index in [2.05, 4.69) is 9.97 Å². The Balaban J connectivity index is 1.72. The number of methoxy groups -OCH3 is 1. The number of pyridine rings is 3. The fourth-order valence-corrected chi connectivity index (χ4v) is 2.47. The lowest BCUT2D eigenvalue weighted by molar-refractivity contribution is 0.0600. The van der Waals surface area contributed by atoms with E-state index in [1.165, 1.54) is 19.4 Å². The first-order valence-corrected chi connectivity index (χ1v) is 7.77. The maximum absolute atomic E-state index is 11.7. The molecule has 3 heterocycles. The first-order valence-electron chi connectivity index (χ1n) is 7.77. The van der Waals surface area contributed by atoms with Gasteiger partial charge in [0.1, 0.15) is 0 Å². The van der Waals surface area contributed by atoms with Gasteiger partial charge < -0.3 is 9.30 Å². The van der Waals surface area contributed by atoms with Gasteiger partial charge in [0.2, 0.25) is 0 Å². The molecule has 6 heteroatoms. The summed E-state index contributed by atoms with van der Waals surface area (Å²) in [6, 6.07) is 10.7. The Morgan fingerprint density at radius 2 is 2.00 bits per heavy atom. The number of hydrogen-bond acceptors (Lipinski definition) is 5. The van der Waals surface area contributed by atoms with Gasteiger partial charge in [0.25, 0.3) is 5.56 Å². The molecule has 0 saturated carbocycles. The van der Waals surface area contributed by atoms with Crippen molar-refractivity contribution in [2.24, 2.45) is 0 Å². The van der Waals surface area contributed by atoms with Crippen LogP contribution in [0.15, 0.2) is 66.0 Å². The number of rotatable bonds is 5. The highest BCUT2D eigenvalue weighted by Gasteiger charge is 2.07. The summed E-state index contributed by atoms with van der Waals surface area (Å²) < 4.78 is 6.31. The summed E-state index contributed by atoms with van der Waals surface area (Å²) in [5.74, 6) is -0.406. The zero-order valence-corrected chi connectivity index (χ0v) is 13.8. The second-order valence-electron chi connectivity index (χ2n) is 5.57. The first kappa shape index (κ1) is 16.6. The van der Waals surface area contributed by atoms with E-state index in [9.17, 15) is 9.59 Å². The number of esters is 1. The van der Waals surface area contributed by atoms with Gasteiger partial charge in [0, 0.05) is 37.3 Å². The van der Waals surface area contributed by atoms with Crippen LogP contribution in [0, 0.1) is 0 Å². The topological polar surface area (TPSA) is 74.1 Å². The Labute approximate surface area is 144 Å². The number of carbonyl (C=O) groups is 1. The highest BCUT2D eigenvalue weighted by atomic mass is 16.5. The summed E-state index contributed by atoms with van der Waals surface area (Å²) in [5, 5.41) is 0. The van der Waals surface area contributed by atoms with Gasteiger partial charge >= 0.3 is 5.97 Å². The molecule has 0 radical (unpaired) electrons. The minimum absolute atomic E-state index is 0.0564. The number of aromatic nitrogens is 3. The minimum atomic E-state index is -0.406. The third kappa shape index (κ3) is 4.17. The molecule has 3 rings (SSSR count). The molecule has 0 bridgehead atoms. The lowest BCUT2D eigenvalue weighted by Crippen LogP contribution is -2.18. The third-order valence-corrected chi connectivity index (χ3v) is 3.74. The normalized spacial score (nSPS) is 10.4. The summed E-state index contributed by atoms with van der Waals surface area (Å²) in [6.45, 7) is 0.430. The average molecular weight is 335 g/mol. The molecule has 0 aromatic carbocycles. The molecule has 0 aliphatic carbocycles. The standard InChI is InChI=1S/C19H17N3O3/c1-25-19(24)16-9-15(10-20-12-16)8-14-5-6-17(21-11-14)13-22-7-3-2-4-18(22)23/h2-7,9-12H,8,13H2,1H3. The molecule has 6 nitrogen and oxygen atoms in total. The molecule has 0 aliphatic rings. The number of nitrogens with zero attached hydrogens (tertiary/aromatic N) is 3. The van der Waals surface area contributed by atoms with Crippen molar-refractivity contribution in [1.82, 2.24) is 14.5 Å². The fraction of sp³-hybridized carbons (Fsp3) is 0.158. The van der Waals surface area contributed by atoms with Crippen LogP contribution in [0.4, 0.5) is 0 Å².